The zero-order chi connectivity index (χ0) is 14.2. The van der Waals surface area contributed by atoms with Crippen LogP contribution in [0.25, 0.3) is 0 Å². The van der Waals surface area contributed by atoms with E-state index in [4.69, 9.17) is 5.73 Å². The summed E-state index contributed by atoms with van der Waals surface area (Å²) in [6, 6.07) is 2.08. The van der Waals surface area contributed by atoms with Crippen LogP contribution >= 0.6 is 11.3 Å². The van der Waals surface area contributed by atoms with Crippen LogP contribution < -0.4 is 5.73 Å². The van der Waals surface area contributed by atoms with Crippen LogP contribution in [-0.2, 0) is 16.6 Å². The number of rotatable bonds is 4. The summed E-state index contributed by atoms with van der Waals surface area (Å²) in [5, 5.41) is 1.81. The molecular formula is C13H21N3O2S2. The molecule has 0 amide bonds. The number of thiophene rings is 1. The topological polar surface area (TPSA) is 66.6 Å². The summed E-state index contributed by atoms with van der Waals surface area (Å²) in [5.74, 6) is 0. The Bertz CT molecular complexity index is 564. The number of nitrogens with two attached hydrogens (primary N) is 1. The molecule has 2 saturated heterocycles. The van der Waals surface area contributed by atoms with Crippen molar-refractivity contribution in [1.82, 2.24) is 9.21 Å². The quantitative estimate of drug-likeness (QED) is 0.902. The lowest BCUT2D eigenvalue weighted by atomic mass is 10.2. The number of hydrogen-bond donors (Lipinski definition) is 1. The Morgan fingerprint density at radius 3 is 2.75 bits per heavy atom. The van der Waals surface area contributed by atoms with Gasteiger partial charge in [-0.05, 0) is 43.8 Å². The lowest BCUT2D eigenvalue weighted by molar-refractivity contribution is 0.251. The van der Waals surface area contributed by atoms with Gasteiger partial charge < -0.3 is 5.73 Å². The van der Waals surface area contributed by atoms with Gasteiger partial charge in [0, 0.05) is 30.6 Å². The summed E-state index contributed by atoms with van der Waals surface area (Å²) < 4.78 is 27.0. The van der Waals surface area contributed by atoms with Gasteiger partial charge in [0.1, 0.15) is 0 Å². The van der Waals surface area contributed by atoms with Gasteiger partial charge in [-0.3, -0.25) is 4.90 Å². The number of hydrogen-bond acceptors (Lipinski definition) is 5. The van der Waals surface area contributed by atoms with Gasteiger partial charge in [-0.2, -0.15) is 4.31 Å². The molecule has 0 spiro atoms. The van der Waals surface area contributed by atoms with Crippen LogP contribution in [0.3, 0.4) is 0 Å². The highest BCUT2D eigenvalue weighted by atomic mass is 32.2. The molecule has 2 aliphatic rings. The summed E-state index contributed by atoms with van der Waals surface area (Å²) in [6.07, 6.45) is 3.43. The Morgan fingerprint density at radius 1 is 1.30 bits per heavy atom. The van der Waals surface area contributed by atoms with E-state index in [2.05, 4.69) is 4.90 Å². The van der Waals surface area contributed by atoms with E-state index in [1.165, 1.54) is 24.2 Å². The molecule has 5 nitrogen and oxygen atoms in total. The highest BCUT2D eigenvalue weighted by Crippen LogP contribution is 2.29. The Morgan fingerprint density at radius 2 is 2.05 bits per heavy atom. The van der Waals surface area contributed by atoms with Gasteiger partial charge >= 0.3 is 0 Å². The Balaban J connectivity index is 1.76. The van der Waals surface area contributed by atoms with E-state index < -0.39 is 10.0 Å². The molecule has 3 rings (SSSR count). The fraction of sp³-hybridized carbons (Fsp3) is 0.692. The van der Waals surface area contributed by atoms with Crippen molar-refractivity contribution in [1.29, 1.82) is 0 Å². The van der Waals surface area contributed by atoms with Crippen molar-refractivity contribution in [2.24, 2.45) is 5.73 Å². The second-order valence-corrected chi connectivity index (χ2v) is 8.37. The predicted molar refractivity (Wildman–Crippen MR) is 80.2 cm³/mol. The first kappa shape index (κ1) is 14.5. The normalized spacial score (nSPS) is 25.6. The Kier molecular flexibility index (Phi) is 4.14. The molecule has 0 bridgehead atoms. The van der Waals surface area contributed by atoms with Crippen LogP contribution in [0.4, 0.5) is 0 Å². The molecular weight excluding hydrogens is 294 g/mol. The second-order valence-electron chi connectivity index (χ2n) is 5.46. The standard InChI is InChI=1S/C13H21N3O2S2/c14-9-12-13(4-8-19-12)20(17,18)16-7-3-11(10-16)15-5-1-2-6-15/h4,8,11H,1-3,5-7,9-10,14H2. The van der Waals surface area contributed by atoms with E-state index >= 15 is 0 Å². The van der Waals surface area contributed by atoms with Crippen molar-refractivity contribution < 1.29 is 8.42 Å². The highest BCUT2D eigenvalue weighted by Gasteiger charge is 2.36. The molecule has 1 aromatic rings. The van der Waals surface area contributed by atoms with Crippen molar-refractivity contribution >= 4 is 21.4 Å². The van der Waals surface area contributed by atoms with Crippen LogP contribution in [0.1, 0.15) is 24.1 Å². The maximum atomic E-state index is 12.7. The Labute approximate surface area is 124 Å². The van der Waals surface area contributed by atoms with Crippen molar-refractivity contribution in [2.75, 3.05) is 26.2 Å². The number of likely N-dealkylation sites (tertiary alicyclic amines) is 1. The largest absolute Gasteiger partial charge is 0.326 e. The average Bonchev–Trinajstić information content (AvgIpc) is 3.17. The van der Waals surface area contributed by atoms with E-state index in [0.29, 0.717) is 24.0 Å². The van der Waals surface area contributed by atoms with Crippen molar-refractivity contribution in [3.63, 3.8) is 0 Å². The molecule has 0 saturated carbocycles. The minimum absolute atomic E-state index is 0.287. The molecule has 1 atom stereocenters. The molecule has 3 heterocycles. The average molecular weight is 315 g/mol. The molecule has 2 fully saturated rings. The molecule has 2 N–H and O–H groups in total. The minimum atomic E-state index is -3.36. The van der Waals surface area contributed by atoms with E-state index in [9.17, 15) is 8.42 Å². The zero-order valence-electron chi connectivity index (χ0n) is 11.5. The fourth-order valence-corrected chi connectivity index (χ4v) is 5.98. The third kappa shape index (κ3) is 2.53. The van der Waals surface area contributed by atoms with E-state index in [1.54, 1.807) is 10.4 Å². The zero-order valence-corrected chi connectivity index (χ0v) is 13.1. The first-order valence-electron chi connectivity index (χ1n) is 7.13. The highest BCUT2D eigenvalue weighted by molar-refractivity contribution is 7.89. The SMILES string of the molecule is NCc1sccc1S(=O)(=O)N1CCC(N2CCCC2)C1. The van der Waals surface area contributed by atoms with Gasteiger partial charge in [0.2, 0.25) is 10.0 Å². The second kappa shape index (κ2) is 5.73. The molecule has 0 aliphatic carbocycles. The van der Waals surface area contributed by atoms with Crippen LogP contribution in [0.5, 0.6) is 0 Å². The monoisotopic (exact) mass is 315 g/mol. The van der Waals surface area contributed by atoms with Crippen molar-refractivity contribution in [3.05, 3.63) is 16.3 Å². The molecule has 112 valence electrons. The molecule has 7 heteroatoms. The van der Waals surface area contributed by atoms with Crippen LogP contribution in [0.15, 0.2) is 16.3 Å². The van der Waals surface area contributed by atoms with Gasteiger partial charge in [0.25, 0.3) is 0 Å². The lowest BCUT2D eigenvalue weighted by Crippen LogP contribution is -2.37. The maximum absolute atomic E-state index is 12.7. The summed E-state index contributed by atoms with van der Waals surface area (Å²) in [5.41, 5.74) is 5.64. The van der Waals surface area contributed by atoms with Gasteiger partial charge in [-0.15, -0.1) is 11.3 Å². The third-order valence-corrected chi connectivity index (χ3v) is 7.31. The van der Waals surface area contributed by atoms with Crippen molar-refractivity contribution in [2.45, 2.75) is 36.7 Å². The van der Waals surface area contributed by atoms with E-state index in [-0.39, 0.29) is 6.54 Å². The molecule has 2 aliphatic heterocycles. The van der Waals surface area contributed by atoms with E-state index in [1.807, 2.05) is 5.38 Å². The lowest BCUT2D eigenvalue weighted by Gasteiger charge is -2.23. The summed E-state index contributed by atoms with van der Waals surface area (Å²) in [7, 11) is -3.36. The van der Waals surface area contributed by atoms with Crippen molar-refractivity contribution in [3.8, 4) is 0 Å². The van der Waals surface area contributed by atoms with Crippen LogP contribution in [-0.4, -0.2) is 49.8 Å². The molecule has 1 aromatic heterocycles. The predicted octanol–water partition coefficient (Wildman–Crippen LogP) is 1.07. The van der Waals surface area contributed by atoms with Crippen LogP contribution in [0, 0.1) is 0 Å². The molecule has 20 heavy (non-hydrogen) atoms. The van der Waals surface area contributed by atoms with Gasteiger partial charge in [0.15, 0.2) is 0 Å². The Hall–Kier alpha value is -0.470. The number of nitrogens with zero attached hydrogens (tertiary/aromatic N) is 2. The summed E-state index contributed by atoms with van der Waals surface area (Å²) in [4.78, 5) is 3.61. The van der Waals surface area contributed by atoms with E-state index in [0.717, 1.165) is 24.4 Å². The van der Waals surface area contributed by atoms with Gasteiger partial charge in [-0.25, -0.2) is 8.42 Å². The molecule has 0 radical (unpaired) electrons. The first-order valence-corrected chi connectivity index (χ1v) is 9.45. The maximum Gasteiger partial charge on any atom is 0.244 e. The van der Waals surface area contributed by atoms with Crippen LogP contribution in [0.2, 0.25) is 0 Å². The first-order chi connectivity index (χ1) is 9.63. The minimum Gasteiger partial charge on any atom is -0.326 e. The van der Waals surface area contributed by atoms with Gasteiger partial charge in [-0.1, -0.05) is 0 Å². The summed E-state index contributed by atoms with van der Waals surface area (Å²) >= 11 is 1.42. The van der Waals surface area contributed by atoms with Gasteiger partial charge in [0.05, 0.1) is 4.90 Å². The third-order valence-electron chi connectivity index (χ3n) is 4.29. The fourth-order valence-electron chi connectivity index (χ4n) is 3.18. The molecule has 1 unspecified atom stereocenters. The summed E-state index contributed by atoms with van der Waals surface area (Å²) in [6.45, 7) is 3.78. The number of sulfonamides is 1. The smallest absolute Gasteiger partial charge is 0.244 e. The molecule has 0 aromatic carbocycles.